The van der Waals surface area contributed by atoms with Crippen molar-refractivity contribution >= 4 is 22.5 Å². The number of aromatic amines is 1. The van der Waals surface area contributed by atoms with Gasteiger partial charge in [0.2, 0.25) is 0 Å². The molecule has 74 valence electrons. The molecule has 14 heavy (non-hydrogen) atoms. The lowest BCUT2D eigenvalue weighted by Gasteiger charge is -2.04. The van der Waals surface area contributed by atoms with Gasteiger partial charge in [-0.15, -0.1) is 0 Å². The van der Waals surface area contributed by atoms with Gasteiger partial charge in [-0.05, 0) is 31.5 Å². The van der Waals surface area contributed by atoms with Crippen LogP contribution in [0.25, 0.3) is 10.9 Å². The molecular formula is C11H13ClN2. The average molecular weight is 209 g/mol. The molecule has 1 unspecified atom stereocenters. The second-order valence-corrected chi connectivity index (χ2v) is 4.04. The summed E-state index contributed by atoms with van der Waals surface area (Å²) in [5.74, 6) is 0. The van der Waals surface area contributed by atoms with Crippen LogP contribution in [0.4, 0.5) is 0 Å². The van der Waals surface area contributed by atoms with Crippen molar-refractivity contribution in [3.63, 3.8) is 0 Å². The van der Waals surface area contributed by atoms with Crippen LogP contribution in [-0.2, 0) is 0 Å². The largest absolute Gasteiger partial charge is 0.357 e. The Labute approximate surface area is 88.1 Å². The molecule has 2 rings (SSSR count). The number of aryl methyl sites for hydroxylation is 1. The molecule has 2 aromatic rings. The molecule has 0 aliphatic carbocycles. The number of nitrogens with one attached hydrogen (secondary N) is 1. The lowest BCUT2D eigenvalue weighted by Crippen LogP contribution is -2.04. The minimum absolute atomic E-state index is 0.0469. The van der Waals surface area contributed by atoms with Crippen molar-refractivity contribution in [1.82, 2.24) is 4.98 Å². The summed E-state index contributed by atoms with van der Waals surface area (Å²) in [6.07, 6.45) is 0. The maximum atomic E-state index is 6.15. The van der Waals surface area contributed by atoms with Crippen LogP contribution >= 0.6 is 11.6 Å². The number of nitrogens with two attached hydrogens (primary N) is 1. The Hall–Kier alpha value is -0.990. The molecule has 0 aliphatic rings. The summed E-state index contributed by atoms with van der Waals surface area (Å²) in [7, 11) is 0. The summed E-state index contributed by atoms with van der Waals surface area (Å²) < 4.78 is 0. The lowest BCUT2D eigenvalue weighted by molar-refractivity contribution is 0.820. The van der Waals surface area contributed by atoms with E-state index < -0.39 is 0 Å². The number of H-pyrrole nitrogens is 1. The predicted molar refractivity (Wildman–Crippen MR) is 60.6 cm³/mol. The van der Waals surface area contributed by atoms with E-state index in [-0.39, 0.29) is 6.04 Å². The molecule has 1 aromatic heterocycles. The van der Waals surface area contributed by atoms with Gasteiger partial charge >= 0.3 is 0 Å². The summed E-state index contributed by atoms with van der Waals surface area (Å²) in [5.41, 5.74) is 8.99. The van der Waals surface area contributed by atoms with Crippen molar-refractivity contribution in [2.75, 3.05) is 0 Å². The van der Waals surface area contributed by atoms with E-state index in [0.717, 1.165) is 27.2 Å². The monoisotopic (exact) mass is 208 g/mol. The van der Waals surface area contributed by atoms with Gasteiger partial charge in [-0.1, -0.05) is 17.7 Å². The lowest BCUT2D eigenvalue weighted by atomic mass is 10.1. The van der Waals surface area contributed by atoms with E-state index in [1.165, 1.54) is 0 Å². The van der Waals surface area contributed by atoms with Gasteiger partial charge in [-0.3, -0.25) is 0 Å². The van der Waals surface area contributed by atoms with E-state index in [9.17, 15) is 0 Å². The fraction of sp³-hybridized carbons (Fsp3) is 0.273. The first-order chi connectivity index (χ1) is 6.59. The summed E-state index contributed by atoms with van der Waals surface area (Å²) in [6, 6.07) is 6.14. The Morgan fingerprint density at radius 3 is 2.79 bits per heavy atom. The Morgan fingerprint density at radius 1 is 1.43 bits per heavy atom. The maximum absolute atomic E-state index is 6.15. The van der Waals surface area contributed by atoms with Crippen molar-refractivity contribution in [2.24, 2.45) is 5.73 Å². The summed E-state index contributed by atoms with van der Waals surface area (Å²) in [4.78, 5) is 3.22. The predicted octanol–water partition coefficient (Wildman–Crippen LogP) is 3.15. The number of aromatic nitrogens is 1. The zero-order chi connectivity index (χ0) is 10.3. The summed E-state index contributed by atoms with van der Waals surface area (Å²) in [5, 5.41) is 1.85. The Morgan fingerprint density at radius 2 is 2.14 bits per heavy atom. The van der Waals surface area contributed by atoms with E-state index in [1.54, 1.807) is 0 Å². The number of hydrogen-bond donors (Lipinski definition) is 2. The van der Waals surface area contributed by atoms with Gasteiger partial charge in [0.15, 0.2) is 0 Å². The molecule has 3 heteroatoms. The quantitative estimate of drug-likeness (QED) is 0.743. The number of hydrogen-bond acceptors (Lipinski definition) is 1. The molecule has 0 fully saturated rings. The van der Waals surface area contributed by atoms with Crippen molar-refractivity contribution in [3.8, 4) is 0 Å². The number of rotatable bonds is 1. The van der Waals surface area contributed by atoms with Crippen molar-refractivity contribution in [2.45, 2.75) is 19.9 Å². The van der Waals surface area contributed by atoms with Crippen LogP contribution in [0.1, 0.15) is 24.2 Å². The Balaban J connectivity index is 2.69. The fourth-order valence-corrected chi connectivity index (χ4v) is 1.80. The molecule has 3 N–H and O–H groups in total. The van der Waals surface area contributed by atoms with E-state index in [0.29, 0.717) is 0 Å². The third-order valence-electron chi connectivity index (χ3n) is 2.46. The SMILES string of the molecule is Cc1[nH]c2ccc(C(C)N)cc2c1Cl. The van der Waals surface area contributed by atoms with Crippen LogP contribution in [0, 0.1) is 6.92 Å². The van der Waals surface area contributed by atoms with Gasteiger partial charge < -0.3 is 10.7 Å². The normalized spacial score (nSPS) is 13.4. The highest BCUT2D eigenvalue weighted by Crippen LogP contribution is 2.28. The standard InChI is InChI=1S/C11H13ClN2/c1-6(13)8-3-4-10-9(5-8)11(12)7(2)14-10/h3-6,14H,13H2,1-2H3. The number of fused-ring (bicyclic) bond motifs is 1. The molecule has 0 bridgehead atoms. The van der Waals surface area contributed by atoms with Crippen LogP contribution in [0.3, 0.4) is 0 Å². The molecule has 0 aliphatic heterocycles. The smallest absolute Gasteiger partial charge is 0.0689 e. The molecular weight excluding hydrogens is 196 g/mol. The van der Waals surface area contributed by atoms with Crippen LogP contribution < -0.4 is 5.73 Å². The molecule has 1 heterocycles. The molecule has 2 nitrogen and oxygen atoms in total. The number of halogens is 1. The second kappa shape index (κ2) is 3.30. The topological polar surface area (TPSA) is 41.8 Å². The van der Waals surface area contributed by atoms with Crippen molar-refractivity contribution in [1.29, 1.82) is 0 Å². The molecule has 0 spiro atoms. The first-order valence-corrected chi connectivity index (χ1v) is 5.00. The summed E-state index contributed by atoms with van der Waals surface area (Å²) >= 11 is 6.15. The highest BCUT2D eigenvalue weighted by molar-refractivity contribution is 6.36. The van der Waals surface area contributed by atoms with Crippen LogP contribution in [0.5, 0.6) is 0 Å². The van der Waals surface area contributed by atoms with Gasteiger partial charge in [0.25, 0.3) is 0 Å². The third kappa shape index (κ3) is 1.41. The Bertz CT molecular complexity index is 471. The first kappa shape index (κ1) is 9.56. The Kier molecular flexibility index (Phi) is 2.25. The molecule has 1 aromatic carbocycles. The van der Waals surface area contributed by atoms with E-state index >= 15 is 0 Å². The maximum Gasteiger partial charge on any atom is 0.0689 e. The summed E-state index contributed by atoms with van der Waals surface area (Å²) in [6.45, 7) is 3.93. The van der Waals surface area contributed by atoms with Crippen LogP contribution in [0.15, 0.2) is 18.2 Å². The molecule has 0 radical (unpaired) electrons. The van der Waals surface area contributed by atoms with E-state index in [1.807, 2.05) is 32.0 Å². The van der Waals surface area contributed by atoms with Crippen molar-refractivity contribution < 1.29 is 0 Å². The molecule has 0 saturated heterocycles. The molecule has 1 atom stereocenters. The van der Waals surface area contributed by atoms with E-state index in [2.05, 4.69) is 4.98 Å². The van der Waals surface area contributed by atoms with Crippen LogP contribution in [-0.4, -0.2) is 4.98 Å². The number of benzene rings is 1. The zero-order valence-electron chi connectivity index (χ0n) is 8.26. The highest BCUT2D eigenvalue weighted by atomic mass is 35.5. The molecule has 0 saturated carbocycles. The first-order valence-electron chi connectivity index (χ1n) is 4.63. The van der Waals surface area contributed by atoms with Gasteiger partial charge in [-0.25, -0.2) is 0 Å². The highest BCUT2D eigenvalue weighted by Gasteiger charge is 2.07. The van der Waals surface area contributed by atoms with Gasteiger partial charge in [0.05, 0.1) is 5.02 Å². The zero-order valence-corrected chi connectivity index (χ0v) is 9.02. The third-order valence-corrected chi connectivity index (χ3v) is 2.94. The molecule has 0 amide bonds. The van der Waals surface area contributed by atoms with Crippen molar-refractivity contribution in [3.05, 3.63) is 34.5 Å². The van der Waals surface area contributed by atoms with Gasteiger partial charge in [0.1, 0.15) is 0 Å². The van der Waals surface area contributed by atoms with Gasteiger partial charge in [-0.2, -0.15) is 0 Å². The fourth-order valence-electron chi connectivity index (χ4n) is 1.59. The second-order valence-electron chi connectivity index (χ2n) is 3.66. The van der Waals surface area contributed by atoms with E-state index in [4.69, 9.17) is 17.3 Å². The van der Waals surface area contributed by atoms with Gasteiger partial charge in [0, 0.05) is 22.6 Å². The minimum Gasteiger partial charge on any atom is -0.357 e. The average Bonchev–Trinajstić information content (AvgIpc) is 2.43. The minimum atomic E-state index is 0.0469. The van der Waals surface area contributed by atoms with Crippen LogP contribution in [0.2, 0.25) is 5.02 Å².